The van der Waals surface area contributed by atoms with Crippen molar-refractivity contribution in [2.24, 2.45) is 0 Å². The molecule has 0 spiro atoms. The first-order valence-electron chi connectivity index (χ1n) is 9.57. The van der Waals surface area contributed by atoms with Crippen LogP contribution in [0.2, 0.25) is 0 Å². The maximum atomic E-state index is 12.6. The molecule has 3 aromatic rings. The quantitative estimate of drug-likeness (QED) is 0.631. The van der Waals surface area contributed by atoms with Crippen molar-refractivity contribution in [1.82, 2.24) is 20.6 Å². The first-order chi connectivity index (χ1) is 14.5. The van der Waals surface area contributed by atoms with Crippen molar-refractivity contribution in [1.29, 1.82) is 0 Å². The third-order valence-corrected chi connectivity index (χ3v) is 4.64. The first-order valence-corrected chi connectivity index (χ1v) is 9.57. The molecule has 1 atom stereocenters. The van der Waals surface area contributed by atoms with Gasteiger partial charge in [0.15, 0.2) is 0 Å². The topological polar surface area (TPSA) is 93.2 Å². The fourth-order valence-corrected chi connectivity index (χ4v) is 2.87. The SMILES string of the molecule is COc1cccc(CNC(=O)c2cc(C(=O)N[C@@H](C)c3ccc(C)cc3)ncn2)c1. The summed E-state index contributed by atoms with van der Waals surface area (Å²) < 4.78 is 5.18. The highest BCUT2D eigenvalue weighted by Crippen LogP contribution is 2.14. The summed E-state index contributed by atoms with van der Waals surface area (Å²) in [5.41, 5.74) is 3.29. The van der Waals surface area contributed by atoms with Crippen LogP contribution < -0.4 is 15.4 Å². The fraction of sp³-hybridized carbons (Fsp3) is 0.217. The molecule has 3 rings (SSSR count). The highest BCUT2D eigenvalue weighted by molar-refractivity contribution is 5.97. The Labute approximate surface area is 175 Å². The largest absolute Gasteiger partial charge is 0.497 e. The van der Waals surface area contributed by atoms with Gasteiger partial charge < -0.3 is 15.4 Å². The van der Waals surface area contributed by atoms with E-state index >= 15 is 0 Å². The Bertz CT molecular complexity index is 1030. The number of benzene rings is 2. The highest BCUT2D eigenvalue weighted by Gasteiger charge is 2.16. The number of ether oxygens (including phenoxy) is 1. The monoisotopic (exact) mass is 404 g/mol. The number of nitrogens with zero attached hydrogens (tertiary/aromatic N) is 2. The summed E-state index contributed by atoms with van der Waals surface area (Å²) in [6.45, 7) is 4.21. The molecule has 0 aliphatic heterocycles. The number of aryl methyl sites for hydroxylation is 1. The molecule has 1 aromatic heterocycles. The van der Waals surface area contributed by atoms with Crippen LogP contribution in [0.3, 0.4) is 0 Å². The van der Waals surface area contributed by atoms with Crippen molar-refractivity contribution in [3.8, 4) is 5.75 Å². The molecular weight excluding hydrogens is 380 g/mol. The normalized spacial score (nSPS) is 11.4. The predicted molar refractivity (Wildman–Crippen MR) is 113 cm³/mol. The van der Waals surface area contributed by atoms with E-state index in [1.807, 2.05) is 62.4 Å². The van der Waals surface area contributed by atoms with Crippen molar-refractivity contribution < 1.29 is 14.3 Å². The zero-order chi connectivity index (χ0) is 21.5. The van der Waals surface area contributed by atoms with Gasteiger partial charge in [-0.3, -0.25) is 9.59 Å². The fourth-order valence-electron chi connectivity index (χ4n) is 2.87. The van der Waals surface area contributed by atoms with Gasteiger partial charge in [0.05, 0.1) is 13.2 Å². The molecule has 0 radical (unpaired) electrons. The lowest BCUT2D eigenvalue weighted by Gasteiger charge is -2.14. The van der Waals surface area contributed by atoms with Crippen LogP contribution in [0.25, 0.3) is 0 Å². The minimum absolute atomic E-state index is 0.126. The summed E-state index contributed by atoms with van der Waals surface area (Å²) in [5.74, 6) is -0.0430. The van der Waals surface area contributed by atoms with Gasteiger partial charge in [-0.25, -0.2) is 9.97 Å². The molecule has 0 fully saturated rings. The van der Waals surface area contributed by atoms with Crippen LogP contribution in [0.1, 0.15) is 50.6 Å². The lowest BCUT2D eigenvalue weighted by Crippen LogP contribution is -2.29. The van der Waals surface area contributed by atoms with Crippen LogP contribution in [0.4, 0.5) is 0 Å². The van der Waals surface area contributed by atoms with Gasteiger partial charge in [-0.1, -0.05) is 42.0 Å². The van der Waals surface area contributed by atoms with E-state index in [0.717, 1.165) is 16.7 Å². The number of aromatic nitrogens is 2. The van der Waals surface area contributed by atoms with Gasteiger partial charge in [-0.2, -0.15) is 0 Å². The van der Waals surface area contributed by atoms with Gasteiger partial charge in [0.2, 0.25) is 0 Å². The average molecular weight is 404 g/mol. The Morgan fingerprint density at radius 3 is 2.40 bits per heavy atom. The van der Waals surface area contributed by atoms with Crippen molar-refractivity contribution >= 4 is 11.8 Å². The number of nitrogens with one attached hydrogen (secondary N) is 2. The summed E-state index contributed by atoms with van der Waals surface area (Å²) in [4.78, 5) is 33.0. The van der Waals surface area contributed by atoms with Gasteiger partial charge in [0.1, 0.15) is 23.5 Å². The number of hydrogen-bond donors (Lipinski definition) is 2. The number of carbonyl (C=O) groups is 2. The van der Waals surface area contributed by atoms with Crippen LogP contribution in [0.15, 0.2) is 60.9 Å². The molecule has 2 N–H and O–H groups in total. The molecule has 0 bridgehead atoms. The number of hydrogen-bond acceptors (Lipinski definition) is 5. The smallest absolute Gasteiger partial charge is 0.270 e. The first kappa shape index (κ1) is 21.0. The zero-order valence-electron chi connectivity index (χ0n) is 17.2. The number of amides is 2. The predicted octanol–water partition coefficient (Wildman–Crippen LogP) is 3.21. The van der Waals surface area contributed by atoms with Crippen LogP contribution >= 0.6 is 0 Å². The summed E-state index contributed by atoms with van der Waals surface area (Å²) in [5, 5.41) is 5.68. The number of rotatable bonds is 7. The van der Waals surface area contributed by atoms with E-state index < -0.39 is 0 Å². The molecule has 30 heavy (non-hydrogen) atoms. The standard InChI is InChI=1S/C23H24N4O3/c1-15-7-9-18(10-8-15)16(2)27-23(29)21-12-20(25-14-26-21)22(28)24-13-17-5-4-6-19(11-17)30-3/h4-12,14,16H,13H2,1-3H3,(H,24,28)(H,27,29)/t16-/m0/s1. The third-order valence-electron chi connectivity index (χ3n) is 4.64. The van der Waals surface area contributed by atoms with Crippen molar-refractivity contribution in [2.45, 2.75) is 26.4 Å². The highest BCUT2D eigenvalue weighted by atomic mass is 16.5. The maximum Gasteiger partial charge on any atom is 0.270 e. The van der Waals surface area contributed by atoms with E-state index in [1.165, 1.54) is 12.4 Å². The zero-order valence-corrected chi connectivity index (χ0v) is 17.2. The van der Waals surface area contributed by atoms with Crippen LogP contribution in [-0.2, 0) is 6.54 Å². The van der Waals surface area contributed by atoms with E-state index in [-0.39, 0.29) is 29.2 Å². The minimum Gasteiger partial charge on any atom is -0.497 e. The summed E-state index contributed by atoms with van der Waals surface area (Å²) >= 11 is 0. The van der Waals surface area contributed by atoms with E-state index in [2.05, 4.69) is 20.6 Å². The molecule has 0 unspecified atom stereocenters. The van der Waals surface area contributed by atoms with Crippen molar-refractivity contribution in [3.63, 3.8) is 0 Å². The molecule has 7 nitrogen and oxygen atoms in total. The van der Waals surface area contributed by atoms with Crippen LogP contribution in [0, 0.1) is 6.92 Å². The molecule has 154 valence electrons. The van der Waals surface area contributed by atoms with Gasteiger partial charge >= 0.3 is 0 Å². The van der Waals surface area contributed by atoms with Gasteiger partial charge in [-0.05, 0) is 37.1 Å². The second-order valence-electron chi connectivity index (χ2n) is 6.93. The summed E-state index contributed by atoms with van der Waals surface area (Å²) in [6.07, 6.45) is 1.21. The van der Waals surface area contributed by atoms with Gasteiger partial charge in [0.25, 0.3) is 11.8 Å². The molecular formula is C23H24N4O3. The van der Waals surface area contributed by atoms with E-state index in [1.54, 1.807) is 7.11 Å². The maximum absolute atomic E-state index is 12.6. The number of methoxy groups -OCH3 is 1. The second kappa shape index (κ2) is 9.65. The van der Waals surface area contributed by atoms with Crippen LogP contribution in [0.5, 0.6) is 5.75 Å². The van der Waals surface area contributed by atoms with Crippen LogP contribution in [-0.4, -0.2) is 28.9 Å². The molecule has 7 heteroatoms. The average Bonchev–Trinajstić information content (AvgIpc) is 2.78. The Kier molecular flexibility index (Phi) is 6.75. The van der Waals surface area contributed by atoms with Gasteiger partial charge in [0, 0.05) is 12.6 Å². The molecule has 2 aromatic carbocycles. The van der Waals surface area contributed by atoms with E-state index in [4.69, 9.17) is 4.74 Å². The van der Waals surface area contributed by atoms with E-state index in [0.29, 0.717) is 12.3 Å². The van der Waals surface area contributed by atoms with Gasteiger partial charge in [-0.15, -0.1) is 0 Å². The Morgan fingerprint density at radius 1 is 1.00 bits per heavy atom. The molecule has 0 saturated carbocycles. The second-order valence-corrected chi connectivity index (χ2v) is 6.93. The summed E-state index contributed by atoms with van der Waals surface area (Å²) in [6, 6.07) is 16.5. The molecule has 0 saturated heterocycles. The third kappa shape index (κ3) is 5.41. The Balaban J connectivity index is 1.63. The minimum atomic E-state index is -0.388. The van der Waals surface area contributed by atoms with Crippen molar-refractivity contribution in [3.05, 3.63) is 89.0 Å². The Morgan fingerprint density at radius 2 is 1.70 bits per heavy atom. The lowest BCUT2D eigenvalue weighted by molar-refractivity contribution is 0.0934. The number of carbonyl (C=O) groups excluding carboxylic acids is 2. The van der Waals surface area contributed by atoms with Crippen molar-refractivity contribution in [2.75, 3.05) is 7.11 Å². The summed E-state index contributed by atoms with van der Waals surface area (Å²) in [7, 11) is 1.59. The molecule has 1 heterocycles. The lowest BCUT2D eigenvalue weighted by atomic mass is 10.1. The molecule has 2 amide bonds. The molecule has 0 aliphatic rings. The Hall–Kier alpha value is -3.74. The van der Waals surface area contributed by atoms with E-state index in [9.17, 15) is 9.59 Å². The molecule has 0 aliphatic carbocycles.